The van der Waals surface area contributed by atoms with Crippen molar-refractivity contribution in [1.29, 1.82) is 0 Å². The number of amides is 1. The van der Waals surface area contributed by atoms with Gasteiger partial charge in [-0.3, -0.25) is 4.79 Å². The molecule has 1 aliphatic rings. The molecule has 0 unspecified atom stereocenters. The molecule has 1 aromatic heterocycles. The predicted molar refractivity (Wildman–Crippen MR) is 76.2 cm³/mol. The number of carbonyl (C=O) groups excluding carboxylic acids is 1. The van der Waals surface area contributed by atoms with E-state index in [1.807, 2.05) is 19.1 Å². The third-order valence-electron chi connectivity index (χ3n) is 2.94. The van der Waals surface area contributed by atoms with E-state index in [0.29, 0.717) is 6.42 Å². The predicted octanol–water partition coefficient (Wildman–Crippen LogP) is 1.33. The largest absolute Gasteiger partial charge is 0.273 e. The van der Waals surface area contributed by atoms with Crippen LogP contribution in [-0.2, 0) is 14.6 Å². The summed E-state index contributed by atoms with van der Waals surface area (Å²) in [6.07, 6.45) is 2.39. The zero-order valence-corrected chi connectivity index (χ0v) is 12.3. The molecule has 7 heteroatoms. The van der Waals surface area contributed by atoms with Gasteiger partial charge in [-0.2, -0.15) is 5.10 Å². The van der Waals surface area contributed by atoms with Crippen LogP contribution in [0.2, 0.25) is 0 Å². The lowest BCUT2D eigenvalue weighted by molar-refractivity contribution is -0.121. The van der Waals surface area contributed by atoms with Crippen molar-refractivity contribution < 1.29 is 13.2 Å². The summed E-state index contributed by atoms with van der Waals surface area (Å²) in [7, 11) is -2.92. The normalized spacial score (nSPS) is 21.8. The quantitative estimate of drug-likeness (QED) is 0.673. The smallest absolute Gasteiger partial charge is 0.240 e. The fourth-order valence-corrected chi connectivity index (χ4v) is 4.64. The Morgan fingerprint density at radius 3 is 2.95 bits per heavy atom. The molecule has 1 fully saturated rings. The lowest BCUT2D eigenvalue weighted by Crippen LogP contribution is -2.21. The number of hydrazone groups is 1. The van der Waals surface area contributed by atoms with Gasteiger partial charge in [0.25, 0.3) is 0 Å². The Balaban J connectivity index is 1.78. The molecule has 2 heterocycles. The van der Waals surface area contributed by atoms with Crippen molar-refractivity contribution in [2.45, 2.75) is 19.8 Å². The van der Waals surface area contributed by atoms with Crippen LogP contribution in [-0.4, -0.2) is 32.0 Å². The van der Waals surface area contributed by atoms with E-state index in [-0.39, 0.29) is 29.8 Å². The maximum atomic E-state index is 11.6. The van der Waals surface area contributed by atoms with Crippen LogP contribution in [0.5, 0.6) is 0 Å². The molecule has 0 radical (unpaired) electrons. The second-order valence-electron chi connectivity index (χ2n) is 4.71. The number of nitrogens with one attached hydrogen (secondary N) is 1. The monoisotopic (exact) mass is 300 g/mol. The third-order valence-corrected chi connectivity index (χ3v) is 5.72. The van der Waals surface area contributed by atoms with E-state index in [2.05, 4.69) is 10.5 Å². The highest BCUT2D eigenvalue weighted by Gasteiger charge is 2.29. The molecule has 1 N–H and O–H groups in total. The highest BCUT2D eigenvalue weighted by Crippen LogP contribution is 2.21. The van der Waals surface area contributed by atoms with Gasteiger partial charge in [0.2, 0.25) is 5.91 Å². The summed E-state index contributed by atoms with van der Waals surface area (Å²) in [6, 6.07) is 3.91. The van der Waals surface area contributed by atoms with Gasteiger partial charge in [0.15, 0.2) is 9.84 Å². The van der Waals surface area contributed by atoms with Crippen LogP contribution in [0, 0.1) is 12.8 Å². The van der Waals surface area contributed by atoms with Crippen molar-refractivity contribution in [2.24, 2.45) is 11.0 Å². The van der Waals surface area contributed by atoms with E-state index in [4.69, 9.17) is 0 Å². The lowest BCUT2D eigenvalue weighted by Gasteiger charge is -2.04. The van der Waals surface area contributed by atoms with Gasteiger partial charge < -0.3 is 0 Å². The molecule has 1 aromatic rings. The summed E-state index contributed by atoms with van der Waals surface area (Å²) in [6.45, 7) is 2.00. The van der Waals surface area contributed by atoms with Crippen LogP contribution in [0.4, 0.5) is 0 Å². The highest BCUT2D eigenvalue weighted by molar-refractivity contribution is 7.91. The molecular weight excluding hydrogens is 284 g/mol. The first-order valence-corrected chi connectivity index (χ1v) is 8.67. The SMILES string of the molecule is Cc1ccc(/C=N\NC(=O)C[C@@H]2CCS(=O)(=O)C2)s1. The van der Waals surface area contributed by atoms with Gasteiger partial charge in [-0.05, 0) is 31.4 Å². The van der Waals surface area contributed by atoms with Crippen molar-refractivity contribution in [3.63, 3.8) is 0 Å². The standard InChI is InChI=1S/C12H16N2O3S2/c1-9-2-3-11(18-9)7-13-14-12(15)6-10-4-5-19(16,17)8-10/h2-3,7,10H,4-6,8H2,1H3,(H,14,15)/b13-7-/t10-/m0/s1. The van der Waals surface area contributed by atoms with Crippen LogP contribution < -0.4 is 5.43 Å². The van der Waals surface area contributed by atoms with Crippen molar-refractivity contribution >= 4 is 33.3 Å². The van der Waals surface area contributed by atoms with Gasteiger partial charge in [0.1, 0.15) is 0 Å². The maximum absolute atomic E-state index is 11.6. The van der Waals surface area contributed by atoms with Crippen molar-refractivity contribution in [1.82, 2.24) is 5.43 Å². The second kappa shape index (κ2) is 5.83. The minimum Gasteiger partial charge on any atom is -0.273 e. The first-order chi connectivity index (χ1) is 8.94. The number of hydrogen-bond donors (Lipinski definition) is 1. The van der Waals surface area contributed by atoms with Gasteiger partial charge in [-0.1, -0.05) is 0 Å². The van der Waals surface area contributed by atoms with Crippen LogP contribution in [0.15, 0.2) is 17.2 Å². The Morgan fingerprint density at radius 1 is 1.58 bits per heavy atom. The zero-order chi connectivity index (χ0) is 13.9. The number of rotatable bonds is 4. The molecule has 1 atom stereocenters. The topological polar surface area (TPSA) is 75.6 Å². The van der Waals surface area contributed by atoms with E-state index in [1.165, 1.54) is 4.88 Å². The molecule has 5 nitrogen and oxygen atoms in total. The number of aryl methyl sites for hydroxylation is 1. The van der Waals surface area contributed by atoms with Crippen LogP contribution in [0.1, 0.15) is 22.6 Å². The average Bonchev–Trinajstić information content (AvgIpc) is 2.85. The molecule has 104 valence electrons. The Kier molecular flexibility index (Phi) is 4.36. The number of thiophene rings is 1. The molecule has 1 aliphatic heterocycles. The Bertz CT molecular complexity index is 590. The van der Waals surface area contributed by atoms with Crippen molar-refractivity contribution in [2.75, 3.05) is 11.5 Å². The second-order valence-corrected chi connectivity index (χ2v) is 8.26. The summed E-state index contributed by atoms with van der Waals surface area (Å²) in [4.78, 5) is 13.7. The third kappa shape index (κ3) is 4.43. The van der Waals surface area contributed by atoms with Gasteiger partial charge in [-0.15, -0.1) is 11.3 Å². The fourth-order valence-electron chi connectivity index (χ4n) is 2.03. The number of nitrogens with zero attached hydrogens (tertiary/aromatic N) is 1. The van der Waals surface area contributed by atoms with E-state index in [0.717, 1.165) is 4.88 Å². The van der Waals surface area contributed by atoms with Crippen molar-refractivity contribution in [3.8, 4) is 0 Å². The average molecular weight is 300 g/mol. The lowest BCUT2D eigenvalue weighted by atomic mass is 10.1. The van der Waals surface area contributed by atoms with Gasteiger partial charge in [0.05, 0.1) is 17.7 Å². The summed E-state index contributed by atoms with van der Waals surface area (Å²) in [5.41, 5.74) is 2.44. The molecule has 0 spiro atoms. The van der Waals surface area contributed by atoms with Crippen molar-refractivity contribution in [3.05, 3.63) is 21.9 Å². The summed E-state index contributed by atoms with van der Waals surface area (Å²) >= 11 is 1.59. The maximum Gasteiger partial charge on any atom is 0.240 e. The first kappa shape index (κ1) is 14.2. The van der Waals surface area contributed by atoms with E-state index in [9.17, 15) is 13.2 Å². The first-order valence-electron chi connectivity index (χ1n) is 6.03. The van der Waals surface area contributed by atoms with E-state index in [1.54, 1.807) is 17.6 Å². The van der Waals surface area contributed by atoms with E-state index >= 15 is 0 Å². The summed E-state index contributed by atoms with van der Waals surface area (Å²) < 4.78 is 22.5. The number of carbonyl (C=O) groups is 1. The minimum absolute atomic E-state index is 0.0656. The van der Waals surface area contributed by atoms with Gasteiger partial charge in [-0.25, -0.2) is 13.8 Å². The molecule has 19 heavy (non-hydrogen) atoms. The van der Waals surface area contributed by atoms with Gasteiger partial charge in [0, 0.05) is 16.2 Å². The fraction of sp³-hybridized carbons (Fsp3) is 0.500. The van der Waals surface area contributed by atoms with Crippen LogP contribution in [0.25, 0.3) is 0 Å². The Morgan fingerprint density at radius 2 is 2.37 bits per heavy atom. The summed E-state index contributed by atoms with van der Waals surface area (Å²) in [5.74, 6) is 0.0209. The molecule has 1 saturated heterocycles. The Hall–Kier alpha value is -1.21. The Labute approximate surface area is 116 Å². The molecule has 0 aliphatic carbocycles. The molecular formula is C12H16N2O3S2. The molecule has 0 bridgehead atoms. The van der Waals surface area contributed by atoms with Crippen LogP contribution in [0.3, 0.4) is 0 Å². The zero-order valence-electron chi connectivity index (χ0n) is 10.6. The molecule has 1 amide bonds. The van der Waals surface area contributed by atoms with E-state index < -0.39 is 9.84 Å². The highest BCUT2D eigenvalue weighted by atomic mass is 32.2. The number of hydrogen-bond acceptors (Lipinski definition) is 5. The molecule has 0 aromatic carbocycles. The molecule has 2 rings (SSSR count). The summed E-state index contributed by atoms with van der Waals surface area (Å²) in [5, 5.41) is 3.87. The number of sulfone groups is 1. The van der Waals surface area contributed by atoms with Gasteiger partial charge >= 0.3 is 0 Å². The minimum atomic E-state index is -2.92. The molecule has 0 saturated carbocycles. The van der Waals surface area contributed by atoms with Crippen LogP contribution >= 0.6 is 11.3 Å².